The molecule has 1 heterocycles. The molecular formula is C11H25NO. The molecule has 13 heavy (non-hydrogen) atoms. The Morgan fingerprint density at radius 1 is 1.38 bits per heavy atom. The Balaban J connectivity index is 0.000000671. The van der Waals surface area contributed by atoms with E-state index in [1.54, 1.807) is 0 Å². The molecule has 1 fully saturated rings. The van der Waals surface area contributed by atoms with Gasteiger partial charge in [0.25, 0.3) is 0 Å². The molecule has 0 aromatic rings. The first-order valence-electron chi connectivity index (χ1n) is 5.49. The van der Waals surface area contributed by atoms with E-state index in [9.17, 15) is 0 Å². The normalized spacial score (nSPS) is 29.3. The topological polar surface area (TPSA) is 12.5 Å². The molecule has 0 aromatic carbocycles. The molecule has 0 spiro atoms. The lowest BCUT2D eigenvalue weighted by atomic mass is 9.93. The molecule has 0 aliphatic carbocycles. The van der Waals surface area contributed by atoms with E-state index in [1.165, 1.54) is 25.9 Å². The van der Waals surface area contributed by atoms with Crippen molar-refractivity contribution in [3.63, 3.8) is 0 Å². The van der Waals surface area contributed by atoms with Gasteiger partial charge in [0, 0.05) is 20.2 Å². The third kappa shape index (κ3) is 4.10. The Bertz CT molecular complexity index is 117. The van der Waals surface area contributed by atoms with Crippen LogP contribution in [-0.2, 0) is 4.74 Å². The van der Waals surface area contributed by atoms with Gasteiger partial charge in [0.1, 0.15) is 0 Å². The highest BCUT2D eigenvalue weighted by Crippen LogP contribution is 2.20. The van der Waals surface area contributed by atoms with Crippen LogP contribution in [-0.4, -0.2) is 38.3 Å². The van der Waals surface area contributed by atoms with Gasteiger partial charge in [0.2, 0.25) is 0 Å². The van der Waals surface area contributed by atoms with Gasteiger partial charge >= 0.3 is 0 Å². The van der Waals surface area contributed by atoms with Crippen molar-refractivity contribution in [1.29, 1.82) is 0 Å². The molecule has 0 saturated carbocycles. The van der Waals surface area contributed by atoms with Crippen molar-refractivity contribution in [2.75, 3.05) is 27.2 Å². The lowest BCUT2D eigenvalue weighted by Gasteiger charge is -2.35. The lowest BCUT2D eigenvalue weighted by Crippen LogP contribution is -2.41. The number of ether oxygens (including phenoxy) is 1. The van der Waals surface area contributed by atoms with E-state index in [2.05, 4.69) is 18.9 Å². The third-order valence-corrected chi connectivity index (χ3v) is 2.69. The molecule has 0 amide bonds. The van der Waals surface area contributed by atoms with E-state index in [0.29, 0.717) is 6.10 Å². The fourth-order valence-corrected chi connectivity index (χ4v) is 1.89. The summed E-state index contributed by atoms with van der Waals surface area (Å²) in [5, 5.41) is 0. The molecule has 2 atom stereocenters. The van der Waals surface area contributed by atoms with Gasteiger partial charge in [-0.25, -0.2) is 0 Å². The molecule has 0 aromatic heterocycles. The molecule has 1 rings (SSSR count). The zero-order valence-corrected chi connectivity index (χ0v) is 9.84. The Morgan fingerprint density at radius 3 is 2.46 bits per heavy atom. The van der Waals surface area contributed by atoms with Gasteiger partial charge in [0.15, 0.2) is 0 Å². The number of rotatable bonds is 2. The Kier molecular flexibility index (Phi) is 7.29. The molecule has 1 aliphatic heterocycles. The number of methoxy groups -OCH3 is 1. The Morgan fingerprint density at radius 2 is 2.00 bits per heavy atom. The minimum absolute atomic E-state index is 0.510. The van der Waals surface area contributed by atoms with Crippen LogP contribution in [0.15, 0.2) is 0 Å². The van der Waals surface area contributed by atoms with Crippen molar-refractivity contribution in [3.8, 4) is 0 Å². The number of hydrogen-bond acceptors (Lipinski definition) is 2. The standard InChI is InChI=1S/C9H19NO.C2H6/c1-4-8-7-10(2)6-5-9(8)11-3;1-2/h8-9H,4-7H2,1-3H3;1-2H3. The zero-order chi connectivity index (χ0) is 10.3. The van der Waals surface area contributed by atoms with Gasteiger partial charge in [-0.1, -0.05) is 20.8 Å². The smallest absolute Gasteiger partial charge is 0.0623 e. The molecule has 1 saturated heterocycles. The van der Waals surface area contributed by atoms with Gasteiger partial charge < -0.3 is 9.64 Å². The molecule has 1 aliphatic rings. The fraction of sp³-hybridized carbons (Fsp3) is 1.00. The molecule has 0 radical (unpaired) electrons. The van der Waals surface area contributed by atoms with Gasteiger partial charge in [-0.05, 0) is 25.8 Å². The first kappa shape index (κ1) is 12.9. The number of hydrogen-bond donors (Lipinski definition) is 0. The average molecular weight is 187 g/mol. The van der Waals surface area contributed by atoms with Crippen LogP contribution >= 0.6 is 0 Å². The summed E-state index contributed by atoms with van der Waals surface area (Å²) in [5.74, 6) is 0.749. The molecule has 2 unspecified atom stereocenters. The van der Waals surface area contributed by atoms with Crippen molar-refractivity contribution in [3.05, 3.63) is 0 Å². The first-order valence-corrected chi connectivity index (χ1v) is 5.49. The van der Waals surface area contributed by atoms with Crippen molar-refractivity contribution < 1.29 is 4.74 Å². The lowest BCUT2D eigenvalue weighted by molar-refractivity contribution is -0.000950. The van der Waals surface area contributed by atoms with Gasteiger partial charge in [-0.2, -0.15) is 0 Å². The molecule has 80 valence electrons. The highest BCUT2D eigenvalue weighted by atomic mass is 16.5. The SMILES string of the molecule is CC.CCC1CN(C)CCC1OC. The Labute approximate surface area is 83.3 Å². The summed E-state index contributed by atoms with van der Waals surface area (Å²) in [6, 6.07) is 0. The maximum absolute atomic E-state index is 5.42. The second-order valence-electron chi connectivity index (χ2n) is 3.49. The van der Waals surface area contributed by atoms with Gasteiger partial charge in [-0.15, -0.1) is 0 Å². The number of piperidine rings is 1. The summed E-state index contributed by atoms with van der Waals surface area (Å²) in [6.45, 7) is 8.64. The molecular weight excluding hydrogens is 162 g/mol. The van der Waals surface area contributed by atoms with Crippen LogP contribution in [0.4, 0.5) is 0 Å². The first-order chi connectivity index (χ1) is 6.27. The van der Waals surface area contributed by atoms with Gasteiger partial charge in [0.05, 0.1) is 6.10 Å². The summed E-state index contributed by atoms with van der Waals surface area (Å²) in [4.78, 5) is 2.39. The van der Waals surface area contributed by atoms with Crippen LogP contribution < -0.4 is 0 Å². The van der Waals surface area contributed by atoms with Gasteiger partial charge in [-0.3, -0.25) is 0 Å². The highest BCUT2D eigenvalue weighted by molar-refractivity contribution is 4.78. The fourth-order valence-electron chi connectivity index (χ4n) is 1.89. The summed E-state index contributed by atoms with van der Waals surface area (Å²) >= 11 is 0. The summed E-state index contributed by atoms with van der Waals surface area (Å²) in [7, 11) is 4.02. The molecule has 2 nitrogen and oxygen atoms in total. The maximum Gasteiger partial charge on any atom is 0.0623 e. The van der Waals surface area contributed by atoms with E-state index in [4.69, 9.17) is 4.74 Å². The molecule has 0 N–H and O–H groups in total. The van der Waals surface area contributed by atoms with Crippen LogP contribution in [0.1, 0.15) is 33.6 Å². The van der Waals surface area contributed by atoms with E-state index in [1.807, 2.05) is 21.0 Å². The minimum Gasteiger partial charge on any atom is -0.381 e. The number of nitrogens with zero attached hydrogens (tertiary/aromatic N) is 1. The van der Waals surface area contributed by atoms with Crippen LogP contribution in [0.5, 0.6) is 0 Å². The van der Waals surface area contributed by atoms with Crippen LogP contribution in [0.3, 0.4) is 0 Å². The Hall–Kier alpha value is -0.0800. The highest BCUT2D eigenvalue weighted by Gasteiger charge is 2.25. The monoisotopic (exact) mass is 187 g/mol. The quantitative estimate of drug-likeness (QED) is 0.658. The van der Waals surface area contributed by atoms with Crippen molar-refractivity contribution in [2.24, 2.45) is 5.92 Å². The zero-order valence-electron chi connectivity index (χ0n) is 9.84. The predicted octanol–water partition coefficient (Wildman–Crippen LogP) is 2.39. The van der Waals surface area contributed by atoms with Crippen molar-refractivity contribution >= 4 is 0 Å². The predicted molar refractivity (Wildman–Crippen MR) is 58.0 cm³/mol. The summed E-state index contributed by atoms with van der Waals surface area (Å²) < 4.78 is 5.42. The third-order valence-electron chi connectivity index (χ3n) is 2.69. The van der Waals surface area contributed by atoms with Crippen molar-refractivity contribution in [1.82, 2.24) is 4.90 Å². The summed E-state index contributed by atoms with van der Waals surface area (Å²) in [5.41, 5.74) is 0. The second-order valence-corrected chi connectivity index (χ2v) is 3.49. The maximum atomic E-state index is 5.42. The molecule has 2 heteroatoms. The van der Waals surface area contributed by atoms with E-state index in [0.717, 1.165) is 5.92 Å². The molecule has 0 bridgehead atoms. The van der Waals surface area contributed by atoms with E-state index < -0.39 is 0 Å². The van der Waals surface area contributed by atoms with Crippen LogP contribution in [0, 0.1) is 5.92 Å². The van der Waals surface area contributed by atoms with E-state index in [-0.39, 0.29) is 0 Å². The van der Waals surface area contributed by atoms with E-state index >= 15 is 0 Å². The number of likely N-dealkylation sites (tertiary alicyclic amines) is 1. The second kappa shape index (κ2) is 7.34. The average Bonchev–Trinajstić information content (AvgIpc) is 2.20. The summed E-state index contributed by atoms with van der Waals surface area (Å²) in [6.07, 6.45) is 2.95. The van der Waals surface area contributed by atoms with Crippen molar-refractivity contribution in [2.45, 2.75) is 39.7 Å². The van der Waals surface area contributed by atoms with Crippen LogP contribution in [0.25, 0.3) is 0 Å². The van der Waals surface area contributed by atoms with Crippen LogP contribution in [0.2, 0.25) is 0 Å². The minimum atomic E-state index is 0.510. The largest absolute Gasteiger partial charge is 0.381 e.